The van der Waals surface area contributed by atoms with Crippen LogP contribution in [-0.4, -0.2) is 11.6 Å². The fraction of sp³-hybridized carbons (Fsp3) is 0.444. The van der Waals surface area contributed by atoms with Crippen molar-refractivity contribution in [2.45, 2.75) is 19.4 Å². The summed E-state index contributed by atoms with van der Waals surface area (Å²) in [6.45, 7) is 4.94. The lowest BCUT2D eigenvalue weighted by Crippen LogP contribution is -2.04. The van der Waals surface area contributed by atoms with Gasteiger partial charge in [-0.3, -0.25) is 4.98 Å². The van der Waals surface area contributed by atoms with Gasteiger partial charge in [-0.2, -0.15) is 0 Å². The van der Waals surface area contributed by atoms with Gasteiger partial charge in [0, 0.05) is 6.20 Å². The molecular formula is C9H11NO. The lowest BCUT2D eigenvalue weighted by Gasteiger charge is -2.03. The minimum absolute atomic E-state index is 0.0774. The zero-order chi connectivity index (χ0) is 7.90. The van der Waals surface area contributed by atoms with Gasteiger partial charge < -0.3 is 4.74 Å². The van der Waals surface area contributed by atoms with Crippen LogP contribution in [0.15, 0.2) is 18.3 Å². The molecule has 1 unspecified atom stereocenters. The molecule has 0 spiro atoms. The van der Waals surface area contributed by atoms with Gasteiger partial charge in [-0.25, -0.2) is 0 Å². The standard InChI is InChI=1S/C9H11NO/c1-7-3-4-10-8(5-7)9(2)6-11-9/h3-5H,6H2,1-2H3. The molecule has 0 saturated carbocycles. The molecule has 1 aliphatic heterocycles. The van der Waals surface area contributed by atoms with E-state index in [-0.39, 0.29) is 5.60 Å². The summed E-state index contributed by atoms with van der Waals surface area (Å²) in [6.07, 6.45) is 1.83. The molecule has 0 aliphatic carbocycles. The summed E-state index contributed by atoms with van der Waals surface area (Å²) in [7, 11) is 0. The molecule has 58 valence electrons. The van der Waals surface area contributed by atoms with Crippen LogP contribution < -0.4 is 0 Å². The Morgan fingerprint density at radius 2 is 2.36 bits per heavy atom. The first kappa shape index (κ1) is 6.80. The zero-order valence-corrected chi connectivity index (χ0v) is 6.79. The molecule has 0 bridgehead atoms. The van der Waals surface area contributed by atoms with Crippen LogP contribution in [-0.2, 0) is 10.3 Å². The first-order chi connectivity index (χ1) is 5.21. The molecule has 1 fully saturated rings. The van der Waals surface area contributed by atoms with Gasteiger partial charge in [0.25, 0.3) is 0 Å². The smallest absolute Gasteiger partial charge is 0.130 e. The van der Waals surface area contributed by atoms with E-state index in [1.54, 1.807) is 0 Å². The first-order valence-corrected chi connectivity index (χ1v) is 3.78. The van der Waals surface area contributed by atoms with Gasteiger partial charge in [-0.15, -0.1) is 0 Å². The van der Waals surface area contributed by atoms with E-state index >= 15 is 0 Å². The SMILES string of the molecule is Cc1ccnc(C2(C)CO2)c1. The van der Waals surface area contributed by atoms with Crippen molar-refractivity contribution in [3.63, 3.8) is 0 Å². The van der Waals surface area contributed by atoms with Crippen LogP contribution in [0.3, 0.4) is 0 Å². The van der Waals surface area contributed by atoms with E-state index in [1.807, 2.05) is 12.3 Å². The second kappa shape index (κ2) is 2.05. The summed E-state index contributed by atoms with van der Waals surface area (Å²) in [4.78, 5) is 4.25. The number of hydrogen-bond acceptors (Lipinski definition) is 2. The van der Waals surface area contributed by atoms with E-state index in [2.05, 4.69) is 24.9 Å². The number of ether oxygens (including phenoxy) is 1. The predicted molar refractivity (Wildman–Crippen MR) is 42.3 cm³/mol. The number of aryl methyl sites for hydroxylation is 1. The van der Waals surface area contributed by atoms with Crippen molar-refractivity contribution in [2.24, 2.45) is 0 Å². The molecular weight excluding hydrogens is 138 g/mol. The summed E-state index contributed by atoms with van der Waals surface area (Å²) < 4.78 is 5.27. The molecule has 2 nitrogen and oxygen atoms in total. The minimum atomic E-state index is -0.0774. The normalized spacial score (nSPS) is 28.5. The van der Waals surface area contributed by atoms with Crippen LogP contribution in [0.5, 0.6) is 0 Å². The van der Waals surface area contributed by atoms with Crippen LogP contribution in [0.2, 0.25) is 0 Å². The molecule has 1 aliphatic rings. The van der Waals surface area contributed by atoms with Crippen LogP contribution in [0.4, 0.5) is 0 Å². The molecule has 11 heavy (non-hydrogen) atoms. The van der Waals surface area contributed by atoms with E-state index in [0.717, 1.165) is 12.3 Å². The Balaban J connectivity index is 2.38. The molecule has 1 aromatic heterocycles. The van der Waals surface area contributed by atoms with Crippen LogP contribution in [0.1, 0.15) is 18.2 Å². The molecule has 1 atom stereocenters. The van der Waals surface area contributed by atoms with Gasteiger partial charge in [-0.05, 0) is 31.5 Å². The topological polar surface area (TPSA) is 25.4 Å². The lowest BCUT2D eigenvalue weighted by atomic mass is 10.1. The fourth-order valence-electron chi connectivity index (χ4n) is 1.08. The molecule has 2 heteroatoms. The van der Waals surface area contributed by atoms with Crippen molar-refractivity contribution >= 4 is 0 Å². The Bertz CT molecular complexity index is 279. The maximum atomic E-state index is 5.27. The van der Waals surface area contributed by atoms with Crippen molar-refractivity contribution in [3.05, 3.63) is 29.6 Å². The van der Waals surface area contributed by atoms with Crippen molar-refractivity contribution in [1.29, 1.82) is 0 Å². The monoisotopic (exact) mass is 149 g/mol. The highest BCUT2D eigenvalue weighted by atomic mass is 16.6. The zero-order valence-electron chi connectivity index (χ0n) is 6.79. The van der Waals surface area contributed by atoms with E-state index in [9.17, 15) is 0 Å². The number of nitrogens with zero attached hydrogens (tertiary/aromatic N) is 1. The number of hydrogen-bond donors (Lipinski definition) is 0. The number of epoxide rings is 1. The van der Waals surface area contributed by atoms with Crippen molar-refractivity contribution < 1.29 is 4.74 Å². The number of rotatable bonds is 1. The molecule has 2 rings (SSSR count). The average Bonchev–Trinajstić information content (AvgIpc) is 2.70. The second-order valence-corrected chi connectivity index (χ2v) is 3.24. The third-order valence-corrected chi connectivity index (χ3v) is 2.03. The third-order valence-electron chi connectivity index (χ3n) is 2.03. The highest BCUT2D eigenvalue weighted by Crippen LogP contribution is 2.36. The van der Waals surface area contributed by atoms with E-state index in [0.29, 0.717) is 0 Å². The van der Waals surface area contributed by atoms with Crippen LogP contribution >= 0.6 is 0 Å². The summed E-state index contributed by atoms with van der Waals surface area (Å²) in [6, 6.07) is 4.07. The van der Waals surface area contributed by atoms with Crippen LogP contribution in [0, 0.1) is 6.92 Å². The molecule has 2 heterocycles. The maximum absolute atomic E-state index is 5.27. The molecule has 0 radical (unpaired) electrons. The van der Waals surface area contributed by atoms with Crippen molar-refractivity contribution in [3.8, 4) is 0 Å². The molecule has 0 aromatic carbocycles. The van der Waals surface area contributed by atoms with Crippen molar-refractivity contribution in [2.75, 3.05) is 6.61 Å². The minimum Gasteiger partial charge on any atom is -0.363 e. The summed E-state index contributed by atoms with van der Waals surface area (Å²) in [5.41, 5.74) is 2.22. The Labute approximate surface area is 66.2 Å². The van der Waals surface area contributed by atoms with E-state index in [1.165, 1.54) is 5.56 Å². The van der Waals surface area contributed by atoms with Gasteiger partial charge in [-0.1, -0.05) is 0 Å². The van der Waals surface area contributed by atoms with E-state index < -0.39 is 0 Å². The van der Waals surface area contributed by atoms with Gasteiger partial charge in [0.05, 0.1) is 12.3 Å². The van der Waals surface area contributed by atoms with Crippen LogP contribution in [0.25, 0.3) is 0 Å². The van der Waals surface area contributed by atoms with E-state index in [4.69, 9.17) is 4.74 Å². The highest BCUT2D eigenvalue weighted by molar-refractivity contribution is 5.22. The Kier molecular flexibility index (Phi) is 1.26. The first-order valence-electron chi connectivity index (χ1n) is 3.78. The fourth-order valence-corrected chi connectivity index (χ4v) is 1.08. The molecule has 0 amide bonds. The molecule has 0 N–H and O–H groups in total. The van der Waals surface area contributed by atoms with Crippen molar-refractivity contribution in [1.82, 2.24) is 4.98 Å². The quantitative estimate of drug-likeness (QED) is 0.567. The Morgan fingerprint density at radius 3 is 2.91 bits per heavy atom. The summed E-state index contributed by atoms with van der Waals surface area (Å²) >= 11 is 0. The largest absolute Gasteiger partial charge is 0.363 e. The van der Waals surface area contributed by atoms with Gasteiger partial charge in [0.1, 0.15) is 5.60 Å². The summed E-state index contributed by atoms with van der Waals surface area (Å²) in [5, 5.41) is 0. The Morgan fingerprint density at radius 1 is 1.64 bits per heavy atom. The lowest BCUT2D eigenvalue weighted by molar-refractivity contribution is 0.323. The second-order valence-electron chi connectivity index (χ2n) is 3.24. The number of aromatic nitrogens is 1. The Hall–Kier alpha value is -0.890. The molecule has 1 saturated heterocycles. The van der Waals surface area contributed by atoms with Gasteiger partial charge in [0.2, 0.25) is 0 Å². The maximum Gasteiger partial charge on any atom is 0.130 e. The average molecular weight is 149 g/mol. The third kappa shape index (κ3) is 1.14. The molecule has 1 aromatic rings. The van der Waals surface area contributed by atoms with Gasteiger partial charge >= 0.3 is 0 Å². The van der Waals surface area contributed by atoms with Gasteiger partial charge in [0.15, 0.2) is 0 Å². The predicted octanol–water partition coefficient (Wildman–Crippen LogP) is 1.64. The number of pyridine rings is 1. The highest BCUT2D eigenvalue weighted by Gasteiger charge is 2.42. The summed E-state index contributed by atoms with van der Waals surface area (Å²) in [5.74, 6) is 0.